The van der Waals surface area contributed by atoms with E-state index in [0.29, 0.717) is 5.75 Å². The minimum atomic E-state index is 0.200. The van der Waals surface area contributed by atoms with Crippen molar-refractivity contribution in [3.05, 3.63) is 23.8 Å². The first-order valence-electron chi connectivity index (χ1n) is 5.70. The van der Waals surface area contributed by atoms with Crippen molar-refractivity contribution in [3.63, 3.8) is 0 Å². The number of methoxy groups -OCH3 is 1. The first kappa shape index (κ1) is 12.8. The van der Waals surface area contributed by atoms with Gasteiger partial charge in [0.2, 0.25) is 0 Å². The maximum Gasteiger partial charge on any atom is 0.160 e. The summed E-state index contributed by atoms with van der Waals surface area (Å²) in [5, 5.41) is 12.9. The molecule has 0 saturated heterocycles. The summed E-state index contributed by atoms with van der Waals surface area (Å²) in [5.74, 6) is 1.44. The number of phenolic OH excluding ortho intramolecular Hbond substituents is 1. The van der Waals surface area contributed by atoms with Gasteiger partial charge in [0.25, 0.3) is 0 Å². The van der Waals surface area contributed by atoms with Crippen LogP contribution in [0.15, 0.2) is 18.2 Å². The number of phenols is 1. The molecule has 0 atom stereocenters. The molecule has 1 aromatic rings. The molecule has 0 saturated carbocycles. The molecule has 0 aliphatic carbocycles. The fourth-order valence-corrected chi connectivity index (χ4v) is 1.47. The topological polar surface area (TPSA) is 41.5 Å². The van der Waals surface area contributed by atoms with Crippen LogP contribution in [0.25, 0.3) is 0 Å². The van der Waals surface area contributed by atoms with Crippen molar-refractivity contribution in [2.75, 3.05) is 13.7 Å². The first-order chi connectivity index (χ1) is 7.63. The van der Waals surface area contributed by atoms with E-state index in [1.807, 2.05) is 6.07 Å². The normalized spacial score (nSPS) is 10.8. The fourth-order valence-electron chi connectivity index (χ4n) is 1.47. The number of nitrogens with one attached hydrogen (secondary N) is 1. The number of aromatic hydroxyl groups is 1. The minimum absolute atomic E-state index is 0.200. The van der Waals surface area contributed by atoms with E-state index in [9.17, 15) is 5.11 Å². The van der Waals surface area contributed by atoms with Crippen LogP contribution < -0.4 is 10.1 Å². The smallest absolute Gasteiger partial charge is 0.160 e. The van der Waals surface area contributed by atoms with Crippen molar-refractivity contribution in [1.82, 2.24) is 5.32 Å². The maximum atomic E-state index is 9.58. The summed E-state index contributed by atoms with van der Waals surface area (Å²) in [6.07, 6.45) is 1.17. The Labute approximate surface area is 97.4 Å². The number of hydrogen-bond donors (Lipinski definition) is 2. The summed E-state index contributed by atoms with van der Waals surface area (Å²) >= 11 is 0. The third-order valence-corrected chi connectivity index (χ3v) is 2.47. The number of ether oxygens (including phenoxy) is 1. The molecule has 16 heavy (non-hydrogen) atoms. The van der Waals surface area contributed by atoms with E-state index in [0.717, 1.165) is 24.6 Å². The van der Waals surface area contributed by atoms with Crippen LogP contribution in [0.3, 0.4) is 0 Å². The van der Waals surface area contributed by atoms with E-state index in [4.69, 9.17) is 4.74 Å². The average Bonchev–Trinajstić information content (AvgIpc) is 2.24. The molecule has 0 bridgehead atoms. The largest absolute Gasteiger partial charge is 0.504 e. The molecule has 90 valence electrons. The zero-order valence-corrected chi connectivity index (χ0v) is 10.3. The Hall–Kier alpha value is -1.22. The van der Waals surface area contributed by atoms with Gasteiger partial charge in [0.1, 0.15) is 0 Å². The van der Waals surface area contributed by atoms with E-state index in [1.54, 1.807) is 19.2 Å². The van der Waals surface area contributed by atoms with Crippen LogP contribution in [0, 0.1) is 5.92 Å². The van der Waals surface area contributed by atoms with E-state index in [-0.39, 0.29) is 5.75 Å². The van der Waals surface area contributed by atoms with Crippen molar-refractivity contribution in [1.29, 1.82) is 0 Å². The number of rotatable bonds is 6. The molecular weight excluding hydrogens is 202 g/mol. The predicted molar refractivity (Wildman–Crippen MR) is 65.8 cm³/mol. The Kier molecular flexibility index (Phi) is 5.12. The second-order valence-electron chi connectivity index (χ2n) is 4.37. The third kappa shape index (κ3) is 4.11. The molecule has 0 spiro atoms. The highest BCUT2D eigenvalue weighted by Gasteiger charge is 2.02. The van der Waals surface area contributed by atoms with Gasteiger partial charge in [-0.05, 0) is 36.6 Å². The van der Waals surface area contributed by atoms with Gasteiger partial charge in [-0.15, -0.1) is 0 Å². The second-order valence-corrected chi connectivity index (χ2v) is 4.37. The highest BCUT2D eigenvalue weighted by Crippen LogP contribution is 2.25. The lowest BCUT2D eigenvalue weighted by atomic mass is 10.1. The molecule has 0 aromatic heterocycles. The van der Waals surface area contributed by atoms with Gasteiger partial charge in [-0.1, -0.05) is 19.9 Å². The molecule has 0 heterocycles. The summed E-state index contributed by atoms with van der Waals surface area (Å²) in [4.78, 5) is 0. The van der Waals surface area contributed by atoms with Crippen molar-refractivity contribution in [3.8, 4) is 11.5 Å². The molecule has 2 N–H and O–H groups in total. The SMILES string of the molecule is COc1ccc(CNCCC(C)C)cc1O. The van der Waals surface area contributed by atoms with Gasteiger partial charge >= 0.3 is 0 Å². The molecule has 0 unspecified atom stereocenters. The fraction of sp³-hybridized carbons (Fsp3) is 0.538. The average molecular weight is 223 g/mol. The van der Waals surface area contributed by atoms with Gasteiger partial charge in [0, 0.05) is 6.54 Å². The lowest BCUT2D eigenvalue weighted by Gasteiger charge is -2.08. The quantitative estimate of drug-likeness (QED) is 0.728. The van der Waals surface area contributed by atoms with Gasteiger partial charge in [-0.25, -0.2) is 0 Å². The highest BCUT2D eigenvalue weighted by atomic mass is 16.5. The molecule has 3 heteroatoms. The third-order valence-electron chi connectivity index (χ3n) is 2.47. The summed E-state index contributed by atoms with van der Waals surface area (Å²) < 4.78 is 4.99. The highest BCUT2D eigenvalue weighted by molar-refractivity contribution is 5.41. The van der Waals surface area contributed by atoms with Crippen molar-refractivity contribution >= 4 is 0 Å². The zero-order chi connectivity index (χ0) is 12.0. The van der Waals surface area contributed by atoms with Crippen LogP contribution in [0.4, 0.5) is 0 Å². The van der Waals surface area contributed by atoms with Crippen molar-refractivity contribution < 1.29 is 9.84 Å². The summed E-state index contributed by atoms with van der Waals surface area (Å²) in [5.41, 5.74) is 1.07. The standard InChI is InChI=1S/C13H21NO2/c1-10(2)6-7-14-9-11-4-5-13(16-3)12(15)8-11/h4-5,8,10,14-15H,6-7,9H2,1-3H3. The lowest BCUT2D eigenvalue weighted by molar-refractivity contribution is 0.373. The van der Waals surface area contributed by atoms with Gasteiger partial charge in [-0.3, -0.25) is 0 Å². The Morgan fingerprint density at radius 1 is 1.38 bits per heavy atom. The van der Waals surface area contributed by atoms with Gasteiger partial charge < -0.3 is 15.2 Å². The van der Waals surface area contributed by atoms with E-state index in [1.165, 1.54) is 6.42 Å². The minimum Gasteiger partial charge on any atom is -0.504 e. The Morgan fingerprint density at radius 2 is 2.12 bits per heavy atom. The van der Waals surface area contributed by atoms with Crippen molar-refractivity contribution in [2.24, 2.45) is 5.92 Å². The molecular formula is C13H21NO2. The molecule has 0 radical (unpaired) electrons. The van der Waals surface area contributed by atoms with E-state index < -0.39 is 0 Å². The van der Waals surface area contributed by atoms with Crippen molar-refractivity contribution in [2.45, 2.75) is 26.8 Å². The number of hydrogen-bond acceptors (Lipinski definition) is 3. The molecule has 0 aliphatic heterocycles. The van der Waals surface area contributed by atoms with E-state index >= 15 is 0 Å². The van der Waals surface area contributed by atoms with E-state index in [2.05, 4.69) is 19.2 Å². The zero-order valence-electron chi connectivity index (χ0n) is 10.3. The second kappa shape index (κ2) is 6.38. The Bertz CT molecular complexity index is 324. The van der Waals surface area contributed by atoms with Gasteiger partial charge in [-0.2, -0.15) is 0 Å². The van der Waals surface area contributed by atoms with Gasteiger partial charge in [0.05, 0.1) is 7.11 Å². The first-order valence-corrected chi connectivity index (χ1v) is 5.70. The monoisotopic (exact) mass is 223 g/mol. The maximum absolute atomic E-state index is 9.58. The van der Waals surface area contributed by atoms with Crippen LogP contribution in [-0.4, -0.2) is 18.8 Å². The molecule has 0 amide bonds. The molecule has 3 nitrogen and oxygen atoms in total. The molecule has 1 aromatic carbocycles. The summed E-state index contributed by atoms with van der Waals surface area (Å²) in [6.45, 7) is 6.20. The van der Waals surface area contributed by atoms with Crippen LogP contribution in [0.5, 0.6) is 11.5 Å². The van der Waals surface area contributed by atoms with Crippen LogP contribution in [0.2, 0.25) is 0 Å². The molecule has 0 fully saturated rings. The number of benzene rings is 1. The molecule has 1 rings (SSSR count). The van der Waals surface area contributed by atoms with Gasteiger partial charge in [0.15, 0.2) is 11.5 Å². The summed E-state index contributed by atoms with van der Waals surface area (Å²) in [6, 6.07) is 5.48. The molecule has 0 aliphatic rings. The Balaban J connectivity index is 2.40. The lowest BCUT2D eigenvalue weighted by Crippen LogP contribution is -2.16. The van der Waals surface area contributed by atoms with Crippen LogP contribution in [0.1, 0.15) is 25.8 Å². The predicted octanol–water partition coefficient (Wildman–Crippen LogP) is 2.54. The van der Waals surface area contributed by atoms with Crippen LogP contribution in [-0.2, 0) is 6.54 Å². The van der Waals surface area contributed by atoms with Crippen LogP contribution >= 0.6 is 0 Å². The summed E-state index contributed by atoms with van der Waals surface area (Å²) in [7, 11) is 1.55. The Morgan fingerprint density at radius 3 is 2.69 bits per heavy atom.